The third kappa shape index (κ3) is 8.15. The van der Waals surface area contributed by atoms with Crippen molar-refractivity contribution < 1.29 is 39.5 Å². The number of phenols is 3. The van der Waals surface area contributed by atoms with Gasteiger partial charge in [0.2, 0.25) is 5.91 Å². The Morgan fingerprint density at radius 1 is 1.20 bits per heavy atom. The van der Waals surface area contributed by atoms with E-state index in [-0.39, 0.29) is 23.8 Å². The average Bonchev–Trinajstić information content (AvgIpc) is 2.54. The highest BCUT2D eigenvalue weighted by atomic mass is 32.1. The quantitative estimate of drug-likeness (QED) is 0.243. The van der Waals surface area contributed by atoms with E-state index in [2.05, 4.69) is 17.9 Å². The van der Waals surface area contributed by atoms with Crippen LogP contribution >= 0.6 is 12.6 Å². The Hall–Kier alpha value is -2.62. The van der Waals surface area contributed by atoms with E-state index in [0.29, 0.717) is 6.42 Å². The molecule has 25 heavy (non-hydrogen) atoms. The van der Waals surface area contributed by atoms with Gasteiger partial charge in [0.05, 0.1) is 12.2 Å². The van der Waals surface area contributed by atoms with Crippen LogP contribution in [0.1, 0.15) is 30.6 Å². The summed E-state index contributed by atoms with van der Waals surface area (Å²) >= 11 is 3.73. The predicted octanol–water partition coefficient (Wildman–Crippen LogP) is 0.876. The maximum atomic E-state index is 11.3. The Labute approximate surface area is 149 Å². The second-order valence-electron chi connectivity index (χ2n) is 4.77. The number of carbonyl (C=O) groups excluding carboxylic acids is 2. The number of phenolic OH excluding ortho intramolecular Hbond substituents is 3. The summed E-state index contributed by atoms with van der Waals surface area (Å²) in [6, 6.07) is 1.20. The summed E-state index contributed by atoms with van der Waals surface area (Å²) in [6.07, 6.45) is 0.682. The summed E-state index contributed by atoms with van der Waals surface area (Å²) in [5, 5.41) is 37.9. The molecule has 0 spiro atoms. The van der Waals surface area contributed by atoms with Gasteiger partial charge >= 0.3 is 11.9 Å². The maximum absolute atomic E-state index is 11.3. The van der Waals surface area contributed by atoms with Crippen molar-refractivity contribution in [2.24, 2.45) is 0 Å². The molecule has 1 aromatic rings. The molecule has 0 aromatic heterocycles. The Morgan fingerprint density at radius 2 is 1.72 bits per heavy atom. The van der Waals surface area contributed by atoms with E-state index >= 15 is 0 Å². The lowest BCUT2D eigenvalue weighted by molar-refractivity contribution is -0.140. The molecule has 0 bridgehead atoms. The average molecular weight is 375 g/mol. The summed E-state index contributed by atoms with van der Waals surface area (Å²) < 4.78 is 4.78. The van der Waals surface area contributed by atoms with Crippen molar-refractivity contribution in [1.82, 2.24) is 5.32 Å². The summed E-state index contributed by atoms with van der Waals surface area (Å²) in [4.78, 5) is 31.8. The number of thiol groups is 1. The molecule has 140 valence electrons. The van der Waals surface area contributed by atoms with Gasteiger partial charge in [-0.25, -0.2) is 9.59 Å². The molecule has 0 aliphatic heterocycles. The van der Waals surface area contributed by atoms with E-state index in [9.17, 15) is 14.4 Å². The monoisotopic (exact) mass is 375 g/mol. The molecular formula is C15H21NO8S. The molecule has 0 saturated heterocycles. The number of benzene rings is 1. The molecule has 0 heterocycles. The van der Waals surface area contributed by atoms with Gasteiger partial charge in [-0.1, -0.05) is 6.92 Å². The molecule has 0 aliphatic carbocycles. The summed E-state index contributed by atoms with van der Waals surface area (Å²) in [5.41, 5.74) is -0.00347. The number of amides is 1. The lowest BCUT2D eigenvalue weighted by atomic mass is 10.2. The van der Waals surface area contributed by atoms with Crippen molar-refractivity contribution in [3.63, 3.8) is 0 Å². The number of ether oxygens (including phenoxy) is 1. The zero-order chi connectivity index (χ0) is 19.6. The number of carbonyl (C=O) groups is 3. The fraction of sp³-hybridized carbons (Fsp3) is 0.400. The zero-order valence-electron chi connectivity index (χ0n) is 13.7. The van der Waals surface area contributed by atoms with E-state index in [4.69, 9.17) is 25.2 Å². The maximum Gasteiger partial charge on any atom is 0.338 e. The normalized spacial score (nSPS) is 10.8. The number of carboxylic acids is 1. The Bertz CT molecular complexity index is 597. The molecule has 0 saturated carbocycles. The van der Waals surface area contributed by atoms with Crippen LogP contribution in [0.15, 0.2) is 12.1 Å². The van der Waals surface area contributed by atoms with Crippen LogP contribution in [0.5, 0.6) is 17.2 Å². The molecule has 1 unspecified atom stereocenters. The number of aliphatic carboxylic acids is 1. The number of esters is 1. The van der Waals surface area contributed by atoms with Crippen LogP contribution in [0.3, 0.4) is 0 Å². The lowest BCUT2D eigenvalue weighted by Crippen LogP contribution is -2.40. The van der Waals surface area contributed by atoms with Crippen LogP contribution in [-0.2, 0) is 14.3 Å². The number of carboxylic acid groups (broad SMARTS) is 1. The van der Waals surface area contributed by atoms with Crippen LogP contribution in [0.2, 0.25) is 0 Å². The fourth-order valence-electron chi connectivity index (χ4n) is 1.43. The van der Waals surface area contributed by atoms with Gasteiger partial charge in [0.25, 0.3) is 0 Å². The van der Waals surface area contributed by atoms with Crippen molar-refractivity contribution in [2.75, 3.05) is 12.4 Å². The van der Waals surface area contributed by atoms with Gasteiger partial charge in [-0.3, -0.25) is 4.79 Å². The Morgan fingerprint density at radius 3 is 2.04 bits per heavy atom. The molecule has 1 amide bonds. The molecular weight excluding hydrogens is 354 g/mol. The van der Waals surface area contributed by atoms with E-state index in [1.54, 1.807) is 0 Å². The van der Waals surface area contributed by atoms with Gasteiger partial charge in [-0.2, -0.15) is 12.6 Å². The van der Waals surface area contributed by atoms with Gasteiger partial charge in [0.15, 0.2) is 17.2 Å². The van der Waals surface area contributed by atoms with E-state index in [1.807, 2.05) is 6.92 Å². The molecule has 0 fully saturated rings. The second-order valence-corrected chi connectivity index (χ2v) is 5.14. The second kappa shape index (κ2) is 11.0. The van der Waals surface area contributed by atoms with E-state index in [0.717, 1.165) is 12.1 Å². The third-order valence-corrected chi connectivity index (χ3v) is 2.97. The summed E-state index contributed by atoms with van der Waals surface area (Å²) in [7, 11) is 0. The molecule has 10 heteroatoms. The highest BCUT2D eigenvalue weighted by Crippen LogP contribution is 2.35. The molecule has 1 atom stereocenters. The van der Waals surface area contributed by atoms with Gasteiger partial charge < -0.3 is 30.5 Å². The van der Waals surface area contributed by atoms with Gasteiger partial charge in [-0.15, -0.1) is 0 Å². The number of hydrogen-bond acceptors (Lipinski definition) is 8. The number of rotatable bonds is 6. The van der Waals surface area contributed by atoms with Crippen LogP contribution in [0.4, 0.5) is 0 Å². The van der Waals surface area contributed by atoms with Crippen molar-refractivity contribution in [3.8, 4) is 17.2 Å². The minimum Gasteiger partial charge on any atom is -0.504 e. The topological polar surface area (TPSA) is 153 Å². The predicted molar refractivity (Wildman–Crippen MR) is 91.1 cm³/mol. The minimum atomic E-state index is -1.06. The third-order valence-electron chi connectivity index (χ3n) is 2.60. The summed E-state index contributed by atoms with van der Waals surface area (Å²) in [6.45, 7) is 3.37. The Balaban J connectivity index is 0.000000504. The van der Waals surface area contributed by atoms with Crippen molar-refractivity contribution in [3.05, 3.63) is 17.7 Å². The van der Waals surface area contributed by atoms with Crippen molar-refractivity contribution in [2.45, 2.75) is 26.3 Å². The first-order valence-electron chi connectivity index (χ1n) is 7.16. The molecule has 1 rings (SSSR count). The fourth-order valence-corrected chi connectivity index (χ4v) is 1.68. The Kier molecular flexibility index (Phi) is 9.87. The van der Waals surface area contributed by atoms with Crippen molar-refractivity contribution >= 4 is 30.5 Å². The van der Waals surface area contributed by atoms with Crippen LogP contribution < -0.4 is 5.32 Å². The van der Waals surface area contributed by atoms with E-state index in [1.165, 1.54) is 6.92 Å². The molecule has 1 aromatic carbocycles. The van der Waals surface area contributed by atoms with Crippen LogP contribution in [0, 0.1) is 0 Å². The molecule has 0 aliphatic rings. The highest BCUT2D eigenvalue weighted by molar-refractivity contribution is 7.80. The first-order valence-corrected chi connectivity index (χ1v) is 7.80. The largest absolute Gasteiger partial charge is 0.504 e. The standard InChI is InChI=1S/C10H12O5.C5H9NO3S/c1-2-3-15-10(14)6-4-7(11)9(13)8(12)5-6;1-3(7)6-4(2-10)5(8)9/h4-5,11-13H,2-3H2,1H3;4,10H,2H2,1H3,(H,6,7)(H,8,9). The van der Waals surface area contributed by atoms with Crippen molar-refractivity contribution in [1.29, 1.82) is 0 Å². The van der Waals surface area contributed by atoms with Crippen LogP contribution in [0.25, 0.3) is 0 Å². The number of aromatic hydroxyl groups is 3. The van der Waals surface area contributed by atoms with E-state index < -0.39 is 35.2 Å². The molecule has 5 N–H and O–H groups in total. The molecule has 9 nitrogen and oxygen atoms in total. The molecule has 0 radical (unpaired) electrons. The smallest absolute Gasteiger partial charge is 0.338 e. The zero-order valence-corrected chi connectivity index (χ0v) is 14.6. The first-order chi connectivity index (χ1) is 11.6. The minimum absolute atomic E-state index is 0.00347. The lowest BCUT2D eigenvalue weighted by Gasteiger charge is -2.08. The SMILES string of the molecule is CC(=O)NC(CS)C(=O)O.CCCOC(=O)c1cc(O)c(O)c(O)c1. The van der Waals surface area contributed by atoms with Gasteiger partial charge in [0, 0.05) is 12.7 Å². The first kappa shape index (κ1) is 22.4. The number of hydrogen-bond donors (Lipinski definition) is 6. The van der Waals surface area contributed by atoms with Gasteiger partial charge in [0.1, 0.15) is 6.04 Å². The highest BCUT2D eigenvalue weighted by Gasteiger charge is 2.15. The van der Waals surface area contributed by atoms with Crippen LogP contribution in [-0.4, -0.2) is 56.7 Å². The number of nitrogens with one attached hydrogen (secondary N) is 1. The van der Waals surface area contributed by atoms with Gasteiger partial charge in [-0.05, 0) is 18.6 Å². The summed E-state index contributed by atoms with van der Waals surface area (Å²) in [5.74, 6) is -3.73.